The number of benzene rings is 1. The van der Waals surface area contributed by atoms with E-state index < -0.39 is 0 Å². The molecule has 1 aromatic rings. The second-order valence-corrected chi connectivity index (χ2v) is 7.22. The molecule has 0 unspecified atom stereocenters. The average molecular weight is 360 g/mol. The maximum Gasteiger partial charge on any atom is 0.243 e. The van der Waals surface area contributed by atoms with Crippen LogP contribution in [0.1, 0.15) is 37.7 Å². The molecule has 1 saturated heterocycles. The minimum atomic E-state index is -0.379. The molecule has 2 aliphatic rings. The second-order valence-electron chi connectivity index (χ2n) is 6.81. The Balaban J connectivity index is 1.48. The van der Waals surface area contributed by atoms with Gasteiger partial charge in [0, 0.05) is 24.7 Å². The fourth-order valence-electron chi connectivity index (χ4n) is 3.37. The monoisotopic (exact) mass is 360 g/mol. The number of rotatable bonds is 3. The van der Waals surface area contributed by atoms with E-state index in [0.29, 0.717) is 17.7 Å². The number of nitrogens with one attached hydrogen (secondary N) is 3. The number of carbonyl (C=O) groups excluding carboxylic acids is 2. The molecule has 25 heavy (non-hydrogen) atoms. The van der Waals surface area contributed by atoms with E-state index in [1.165, 1.54) is 12.8 Å². The molecule has 1 aliphatic carbocycles. The number of carbonyl (C=O) groups is 2. The number of anilines is 1. The quantitative estimate of drug-likeness (QED) is 0.566. The summed E-state index contributed by atoms with van der Waals surface area (Å²) in [6, 6.07) is 8.13. The van der Waals surface area contributed by atoms with Gasteiger partial charge in [0.05, 0.1) is 5.92 Å². The van der Waals surface area contributed by atoms with Crippen molar-refractivity contribution in [3.05, 3.63) is 29.8 Å². The summed E-state index contributed by atoms with van der Waals surface area (Å²) in [5.41, 5.74) is 7.35. The van der Waals surface area contributed by atoms with Gasteiger partial charge in [-0.1, -0.05) is 30.5 Å². The molecule has 0 aromatic heterocycles. The number of hydrogen-bond acceptors (Lipinski definition) is 3. The molecule has 7 heteroatoms. The molecule has 0 bridgehead atoms. The smallest absolute Gasteiger partial charge is 0.243 e. The highest BCUT2D eigenvalue weighted by molar-refractivity contribution is 7.80. The molecule has 0 spiro atoms. The first-order valence-corrected chi connectivity index (χ1v) is 9.17. The summed E-state index contributed by atoms with van der Waals surface area (Å²) in [6.07, 6.45) is 4.86. The van der Waals surface area contributed by atoms with Crippen molar-refractivity contribution < 1.29 is 9.59 Å². The minimum absolute atomic E-state index is 0.0318. The van der Waals surface area contributed by atoms with E-state index in [9.17, 15) is 9.59 Å². The molecule has 6 nitrogen and oxygen atoms in total. The third kappa shape index (κ3) is 4.48. The van der Waals surface area contributed by atoms with Crippen LogP contribution in [-0.4, -0.2) is 29.5 Å². The number of hydrazine groups is 1. The molecule has 3 N–H and O–H groups in total. The van der Waals surface area contributed by atoms with Gasteiger partial charge in [0.1, 0.15) is 0 Å². The minimum Gasteiger partial charge on any atom is -0.359 e. The maximum atomic E-state index is 12.3. The largest absolute Gasteiger partial charge is 0.359 e. The molecule has 2 fully saturated rings. The van der Waals surface area contributed by atoms with E-state index in [0.717, 1.165) is 24.1 Å². The Bertz CT molecular complexity index is 656. The lowest BCUT2D eigenvalue weighted by Gasteiger charge is -2.18. The number of aryl methyl sites for hydroxylation is 1. The predicted octanol–water partition coefficient (Wildman–Crippen LogP) is 1.79. The lowest BCUT2D eigenvalue weighted by molar-refractivity contribution is -0.126. The van der Waals surface area contributed by atoms with Crippen molar-refractivity contribution in [3.8, 4) is 0 Å². The molecule has 1 heterocycles. The summed E-state index contributed by atoms with van der Waals surface area (Å²) < 4.78 is 0. The number of amides is 2. The van der Waals surface area contributed by atoms with Crippen LogP contribution in [0, 0.1) is 12.8 Å². The third-order valence-electron chi connectivity index (χ3n) is 4.83. The van der Waals surface area contributed by atoms with Crippen molar-refractivity contribution >= 4 is 34.8 Å². The molecule has 1 saturated carbocycles. The van der Waals surface area contributed by atoms with Crippen LogP contribution < -0.4 is 21.1 Å². The Morgan fingerprint density at radius 2 is 1.84 bits per heavy atom. The van der Waals surface area contributed by atoms with E-state index in [1.807, 2.05) is 31.2 Å². The van der Waals surface area contributed by atoms with Gasteiger partial charge in [-0.25, -0.2) is 0 Å². The highest BCUT2D eigenvalue weighted by Crippen LogP contribution is 2.25. The summed E-state index contributed by atoms with van der Waals surface area (Å²) >= 11 is 5.20. The van der Waals surface area contributed by atoms with Crippen molar-refractivity contribution in [3.63, 3.8) is 0 Å². The van der Waals surface area contributed by atoms with E-state index in [-0.39, 0.29) is 24.2 Å². The first-order valence-electron chi connectivity index (χ1n) is 8.76. The van der Waals surface area contributed by atoms with Gasteiger partial charge in [-0.05, 0) is 44.1 Å². The van der Waals surface area contributed by atoms with Crippen LogP contribution in [-0.2, 0) is 9.59 Å². The van der Waals surface area contributed by atoms with Gasteiger partial charge in [-0.2, -0.15) is 0 Å². The SMILES string of the molecule is Cc1ccc(N2C[C@@H](C(=O)NNC(=S)NC3CCCC3)CC2=O)cc1. The van der Waals surface area contributed by atoms with Crippen molar-refractivity contribution in [1.29, 1.82) is 0 Å². The van der Waals surface area contributed by atoms with E-state index in [1.54, 1.807) is 4.90 Å². The van der Waals surface area contributed by atoms with Gasteiger partial charge in [-0.3, -0.25) is 20.4 Å². The lowest BCUT2D eigenvalue weighted by atomic mass is 10.1. The average Bonchev–Trinajstić information content (AvgIpc) is 3.23. The first kappa shape index (κ1) is 17.7. The van der Waals surface area contributed by atoms with Gasteiger partial charge >= 0.3 is 0 Å². The van der Waals surface area contributed by atoms with Crippen LogP contribution in [0.15, 0.2) is 24.3 Å². The fraction of sp³-hybridized carbons (Fsp3) is 0.500. The molecule has 3 rings (SSSR count). The van der Waals surface area contributed by atoms with Crippen LogP contribution in [0.4, 0.5) is 5.69 Å². The lowest BCUT2D eigenvalue weighted by Crippen LogP contribution is -2.50. The molecule has 1 atom stereocenters. The summed E-state index contributed by atoms with van der Waals surface area (Å²) in [7, 11) is 0. The number of thiocarbonyl (C=S) groups is 1. The Morgan fingerprint density at radius 3 is 2.52 bits per heavy atom. The molecule has 0 radical (unpaired) electrons. The van der Waals surface area contributed by atoms with Gasteiger partial charge in [0.2, 0.25) is 11.8 Å². The number of hydrogen-bond donors (Lipinski definition) is 3. The van der Waals surface area contributed by atoms with E-state index in [2.05, 4.69) is 16.2 Å². The maximum absolute atomic E-state index is 12.3. The highest BCUT2D eigenvalue weighted by Gasteiger charge is 2.35. The van der Waals surface area contributed by atoms with Crippen molar-refractivity contribution in [2.24, 2.45) is 5.92 Å². The summed E-state index contributed by atoms with van der Waals surface area (Å²) in [4.78, 5) is 26.2. The van der Waals surface area contributed by atoms with E-state index in [4.69, 9.17) is 12.2 Å². The molecular weight excluding hydrogens is 336 g/mol. The third-order valence-corrected chi connectivity index (χ3v) is 5.05. The van der Waals surface area contributed by atoms with Crippen LogP contribution in [0.3, 0.4) is 0 Å². The molecule has 134 valence electrons. The topological polar surface area (TPSA) is 73.5 Å². The standard InChI is InChI=1S/C18H24N4O2S/c1-12-6-8-15(9-7-12)22-11-13(10-16(22)23)17(24)20-21-18(25)19-14-4-2-3-5-14/h6-9,13-14H,2-5,10-11H2,1H3,(H,20,24)(H2,19,21,25)/t13-/m0/s1. The van der Waals surface area contributed by atoms with Crippen molar-refractivity contribution in [2.45, 2.75) is 45.1 Å². The summed E-state index contributed by atoms with van der Waals surface area (Å²) in [5.74, 6) is -0.621. The van der Waals surface area contributed by atoms with Gasteiger partial charge < -0.3 is 10.2 Å². The molecule has 1 aromatic carbocycles. The Kier molecular flexibility index (Phi) is 5.53. The first-order chi connectivity index (χ1) is 12.0. The van der Waals surface area contributed by atoms with E-state index >= 15 is 0 Å². The summed E-state index contributed by atoms with van der Waals surface area (Å²) in [6.45, 7) is 2.39. The Morgan fingerprint density at radius 1 is 1.16 bits per heavy atom. The van der Waals surface area contributed by atoms with Gasteiger partial charge in [-0.15, -0.1) is 0 Å². The fourth-order valence-corrected chi connectivity index (χ4v) is 3.59. The summed E-state index contributed by atoms with van der Waals surface area (Å²) in [5, 5.41) is 3.63. The van der Waals surface area contributed by atoms with Crippen LogP contribution >= 0.6 is 12.2 Å². The molecular formula is C18H24N4O2S. The van der Waals surface area contributed by atoms with Gasteiger partial charge in [0.15, 0.2) is 5.11 Å². The Labute approximate surface area is 153 Å². The molecule has 1 aliphatic heterocycles. The Hall–Kier alpha value is -2.15. The van der Waals surface area contributed by atoms with Gasteiger partial charge in [0.25, 0.3) is 0 Å². The van der Waals surface area contributed by atoms with Crippen molar-refractivity contribution in [2.75, 3.05) is 11.4 Å². The zero-order valence-electron chi connectivity index (χ0n) is 14.4. The van der Waals surface area contributed by atoms with Crippen LogP contribution in [0.5, 0.6) is 0 Å². The normalized spacial score (nSPS) is 20.6. The second kappa shape index (κ2) is 7.82. The highest BCUT2D eigenvalue weighted by atomic mass is 32.1. The predicted molar refractivity (Wildman–Crippen MR) is 101 cm³/mol. The van der Waals surface area contributed by atoms with Crippen LogP contribution in [0.2, 0.25) is 0 Å². The van der Waals surface area contributed by atoms with Crippen molar-refractivity contribution in [1.82, 2.24) is 16.2 Å². The van der Waals surface area contributed by atoms with Crippen LogP contribution in [0.25, 0.3) is 0 Å². The number of nitrogens with zero attached hydrogens (tertiary/aromatic N) is 1. The zero-order chi connectivity index (χ0) is 17.8. The zero-order valence-corrected chi connectivity index (χ0v) is 15.2. The molecule has 2 amide bonds.